The summed E-state index contributed by atoms with van der Waals surface area (Å²) < 4.78 is 15.6. The summed E-state index contributed by atoms with van der Waals surface area (Å²) in [6, 6.07) is 6.00. The average molecular weight is 242 g/mol. The number of methoxy groups -OCH3 is 2. The number of rotatable bonds is 7. The Balaban J connectivity index is 2.54. The molecule has 0 bridgehead atoms. The van der Waals surface area contributed by atoms with Crippen LogP contribution in [0.1, 0.15) is 12.0 Å². The van der Waals surface area contributed by atoms with Crippen molar-refractivity contribution >= 4 is 12.0 Å². The predicted molar refractivity (Wildman–Crippen MR) is 67.3 cm³/mol. The van der Waals surface area contributed by atoms with Gasteiger partial charge in [-0.1, -0.05) is 6.07 Å². The van der Waals surface area contributed by atoms with Gasteiger partial charge in [-0.2, -0.15) is 0 Å². The van der Waals surface area contributed by atoms with Crippen molar-refractivity contribution in [3.05, 3.63) is 23.8 Å². The van der Waals surface area contributed by atoms with Gasteiger partial charge in [-0.05, 0) is 42.6 Å². The summed E-state index contributed by atoms with van der Waals surface area (Å²) in [6.07, 6.45) is 3.92. The maximum atomic E-state index is 5.24. The fraction of sp³-hybridized carbons (Fsp3) is 0.500. The lowest BCUT2D eigenvalue weighted by molar-refractivity contribution is 0.353. The van der Waals surface area contributed by atoms with Crippen LogP contribution in [0.2, 0.25) is 0 Å². The van der Waals surface area contributed by atoms with Gasteiger partial charge >= 0.3 is 0 Å². The van der Waals surface area contributed by atoms with Crippen LogP contribution in [0, 0.1) is 0 Å². The van der Waals surface area contributed by atoms with Crippen molar-refractivity contribution in [1.82, 2.24) is 0 Å². The summed E-state index contributed by atoms with van der Waals surface area (Å²) in [7, 11) is 3.29. The Bertz CT molecular complexity index is 315. The number of hydrogen-bond acceptors (Lipinski definition) is 4. The highest BCUT2D eigenvalue weighted by atomic mass is 32.2. The van der Waals surface area contributed by atoms with Crippen molar-refractivity contribution in [1.29, 1.82) is 0 Å². The Kier molecular flexibility index (Phi) is 6.11. The molecule has 3 nitrogen and oxygen atoms in total. The maximum Gasteiger partial charge on any atom is 0.160 e. The molecule has 0 atom stereocenters. The molecule has 0 aliphatic rings. The molecule has 4 heteroatoms. The van der Waals surface area contributed by atoms with Crippen molar-refractivity contribution in [2.24, 2.45) is 0 Å². The minimum Gasteiger partial charge on any atom is -0.493 e. The highest BCUT2D eigenvalue weighted by Crippen LogP contribution is 2.27. The van der Waals surface area contributed by atoms with Gasteiger partial charge in [0.15, 0.2) is 11.5 Å². The van der Waals surface area contributed by atoms with Crippen LogP contribution in [0.5, 0.6) is 11.5 Å². The van der Waals surface area contributed by atoms with Gasteiger partial charge in [0.1, 0.15) is 0 Å². The third-order valence-electron chi connectivity index (χ3n) is 2.26. The van der Waals surface area contributed by atoms with Gasteiger partial charge in [-0.25, -0.2) is 0 Å². The Morgan fingerprint density at radius 2 is 1.88 bits per heavy atom. The van der Waals surface area contributed by atoms with Crippen molar-refractivity contribution in [2.45, 2.75) is 12.8 Å². The highest BCUT2D eigenvalue weighted by molar-refractivity contribution is 7.93. The van der Waals surface area contributed by atoms with Gasteiger partial charge in [0, 0.05) is 6.26 Å². The summed E-state index contributed by atoms with van der Waals surface area (Å²) >= 11 is 1.41. The molecule has 1 aromatic rings. The lowest BCUT2D eigenvalue weighted by atomic mass is 10.1. The Morgan fingerprint density at radius 1 is 1.12 bits per heavy atom. The molecule has 0 spiro atoms. The molecule has 0 aliphatic carbocycles. The summed E-state index contributed by atoms with van der Waals surface area (Å²) in [5.74, 6) is 1.55. The second-order valence-corrected chi connectivity index (χ2v) is 3.85. The quantitative estimate of drug-likeness (QED) is 0.543. The zero-order chi connectivity index (χ0) is 11.8. The van der Waals surface area contributed by atoms with Crippen LogP contribution in [-0.2, 0) is 10.6 Å². The highest BCUT2D eigenvalue weighted by Gasteiger charge is 2.04. The number of hydrogen-bond donors (Lipinski definition) is 0. The van der Waals surface area contributed by atoms with Gasteiger partial charge in [0.05, 0.1) is 20.8 Å². The number of benzene rings is 1. The molecule has 0 unspecified atom stereocenters. The molecule has 0 N–H and O–H groups in total. The normalized spacial score (nSPS) is 10.2. The minimum atomic E-state index is 0.770. The Morgan fingerprint density at radius 3 is 2.50 bits per heavy atom. The van der Waals surface area contributed by atoms with E-state index in [-0.39, 0.29) is 0 Å². The van der Waals surface area contributed by atoms with Gasteiger partial charge in [0.25, 0.3) is 0 Å². The fourth-order valence-corrected chi connectivity index (χ4v) is 1.74. The third-order valence-corrected chi connectivity index (χ3v) is 2.66. The van der Waals surface area contributed by atoms with Crippen LogP contribution < -0.4 is 9.47 Å². The fourth-order valence-electron chi connectivity index (χ4n) is 1.45. The molecule has 0 fully saturated rings. The van der Waals surface area contributed by atoms with Crippen LogP contribution in [0.4, 0.5) is 0 Å². The topological polar surface area (TPSA) is 27.7 Å². The molecule has 0 saturated carbocycles. The molecule has 90 valence electrons. The zero-order valence-corrected chi connectivity index (χ0v) is 10.8. The molecule has 0 radical (unpaired) electrons. The van der Waals surface area contributed by atoms with Crippen molar-refractivity contribution in [3.63, 3.8) is 0 Å². The minimum absolute atomic E-state index is 0.770. The molecule has 16 heavy (non-hydrogen) atoms. The van der Waals surface area contributed by atoms with Gasteiger partial charge in [-0.3, -0.25) is 0 Å². The first-order valence-corrected chi connectivity index (χ1v) is 6.33. The largest absolute Gasteiger partial charge is 0.493 e. The van der Waals surface area contributed by atoms with E-state index in [4.69, 9.17) is 13.7 Å². The lowest BCUT2D eigenvalue weighted by Gasteiger charge is -2.09. The first-order valence-electron chi connectivity index (χ1n) is 5.18. The van der Waals surface area contributed by atoms with Crippen LogP contribution in [0.15, 0.2) is 18.2 Å². The summed E-state index contributed by atoms with van der Waals surface area (Å²) in [5, 5.41) is 0. The van der Waals surface area contributed by atoms with E-state index in [0.717, 1.165) is 30.9 Å². The summed E-state index contributed by atoms with van der Waals surface area (Å²) in [5.41, 5.74) is 1.24. The van der Waals surface area contributed by atoms with Gasteiger partial charge in [-0.15, -0.1) is 0 Å². The molecule has 0 aromatic heterocycles. The molecular weight excluding hydrogens is 224 g/mol. The van der Waals surface area contributed by atoms with Crippen molar-refractivity contribution < 1.29 is 13.7 Å². The Labute approximate surface area is 101 Å². The van der Waals surface area contributed by atoms with Crippen LogP contribution >= 0.6 is 12.0 Å². The molecule has 1 aromatic carbocycles. The van der Waals surface area contributed by atoms with E-state index >= 15 is 0 Å². The van der Waals surface area contributed by atoms with E-state index in [1.165, 1.54) is 17.6 Å². The van der Waals surface area contributed by atoms with E-state index in [1.54, 1.807) is 14.2 Å². The van der Waals surface area contributed by atoms with E-state index in [9.17, 15) is 0 Å². The zero-order valence-electron chi connectivity index (χ0n) is 9.99. The van der Waals surface area contributed by atoms with E-state index in [2.05, 4.69) is 6.07 Å². The van der Waals surface area contributed by atoms with E-state index in [1.807, 2.05) is 18.4 Å². The first-order chi connectivity index (χ1) is 7.81. The molecule has 0 amide bonds. The first kappa shape index (κ1) is 13.2. The van der Waals surface area contributed by atoms with E-state index in [0.29, 0.717) is 0 Å². The smallest absolute Gasteiger partial charge is 0.160 e. The summed E-state index contributed by atoms with van der Waals surface area (Å²) in [4.78, 5) is 0. The average Bonchev–Trinajstić information content (AvgIpc) is 2.34. The van der Waals surface area contributed by atoms with Crippen molar-refractivity contribution in [3.8, 4) is 11.5 Å². The summed E-state index contributed by atoms with van der Waals surface area (Å²) in [6.45, 7) is 0.773. The van der Waals surface area contributed by atoms with Crippen LogP contribution in [0.25, 0.3) is 0 Å². The maximum absolute atomic E-state index is 5.24. The van der Waals surface area contributed by atoms with E-state index < -0.39 is 0 Å². The standard InChI is InChI=1S/C12H18O3S/c1-13-11-7-6-10(9-12(11)14-2)5-4-8-15-16-3/h6-7,9H,4-5,8H2,1-3H3. The molecule has 1 rings (SSSR count). The number of aryl methyl sites for hydroxylation is 1. The number of ether oxygens (including phenoxy) is 2. The van der Waals surface area contributed by atoms with Crippen LogP contribution in [0.3, 0.4) is 0 Å². The second-order valence-electron chi connectivity index (χ2n) is 3.28. The lowest BCUT2D eigenvalue weighted by Crippen LogP contribution is -1.95. The second kappa shape index (κ2) is 7.41. The van der Waals surface area contributed by atoms with Crippen LogP contribution in [-0.4, -0.2) is 27.1 Å². The van der Waals surface area contributed by atoms with Crippen molar-refractivity contribution in [2.75, 3.05) is 27.1 Å². The van der Waals surface area contributed by atoms with Gasteiger partial charge < -0.3 is 13.7 Å². The third kappa shape index (κ3) is 3.94. The molecule has 0 saturated heterocycles. The predicted octanol–water partition coefficient (Wildman–Crippen LogP) is 2.93. The Hall–Kier alpha value is -0.870. The molecule has 0 aliphatic heterocycles. The molecular formula is C12H18O3S. The van der Waals surface area contributed by atoms with Gasteiger partial charge in [0.2, 0.25) is 0 Å². The SMILES string of the molecule is COc1ccc(CCCOSC)cc1OC. The molecule has 0 heterocycles. The monoisotopic (exact) mass is 242 g/mol.